The molecule has 2 heterocycles. The number of pyridine rings is 1. The van der Waals surface area contributed by atoms with Gasteiger partial charge in [0.15, 0.2) is 0 Å². The number of carboxylic acid groups (broad SMARTS) is 1. The minimum atomic E-state index is -1.10. The monoisotopic (exact) mass is 290 g/mol. The normalized spacial score (nSPS) is 10.1. The Balaban J connectivity index is 1.74. The van der Waals surface area contributed by atoms with Gasteiger partial charge in [0.2, 0.25) is 0 Å². The Labute approximate surface area is 119 Å². The van der Waals surface area contributed by atoms with Crippen LogP contribution in [0, 0.1) is 0 Å². The standard InChI is InChI=1S/C12H14N6O3/c19-11(20)8-4-9(6-13-5-8)17-12(21)14-3-1-2-10-15-7-16-18-10/h4-7H,1-3H2,(H,19,20)(H2,14,17,21)(H,15,16,18). The summed E-state index contributed by atoms with van der Waals surface area (Å²) in [5.74, 6) is -0.339. The molecule has 2 aromatic heterocycles. The first-order valence-electron chi connectivity index (χ1n) is 6.22. The van der Waals surface area contributed by atoms with Crippen molar-refractivity contribution in [1.82, 2.24) is 25.5 Å². The van der Waals surface area contributed by atoms with Crippen LogP contribution in [0.1, 0.15) is 22.6 Å². The van der Waals surface area contributed by atoms with E-state index in [-0.39, 0.29) is 5.56 Å². The molecule has 0 aliphatic carbocycles. The van der Waals surface area contributed by atoms with Crippen LogP contribution in [0.3, 0.4) is 0 Å². The van der Waals surface area contributed by atoms with Crippen molar-refractivity contribution in [3.05, 3.63) is 36.2 Å². The number of nitrogens with one attached hydrogen (secondary N) is 3. The van der Waals surface area contributed by atoms with Gasteiger partial charge in [0.05, 0.1) is 17.4 Å². The number of hydrogen-bond acceptors (Lipinski definition) is 5. The molecule has 0 bridgehead atoms. The van der Waals surface area contributed by atoms with Gasteiger partial charge in [-0.3, -0.25) is 10.1 Å². The first-order valence-corrected chi connectivity index (χ1v) is 6.22. The van der Waals surface area contributed by atoms with Crippen LogP contribution in [0.25, 0.3) is 0 Å². The fourth-order valence-electron chi connectivity index (χ4n) is 1.61. The molecule has 0 aromatic carbocycles. The Bertz CT molecular complexity index is 613. The average Bonchev–Trinajstić information content (AvgIpc) is 2.97. The average molecular weight is 290 g/mol. The zero-order valence-corrected chi connectivity index (χ0v) is 11.0. The maximum absolute atomic E-state index is 11.6. The van der Waals surface area contributed by atoms with Gasteiger partial charge in [-0.25, -0.2) is 14.6 Å². The van der Waals surface area contributed by atoms with Crippen molar-refractivity contribution in [2.75, 3.05) is 11.9 Å². The number of rotatable bonds is 6. The summed E-state index contributed by atoms with van der Waals surface area (Å²) >= 11 is 0. The summed E-state index contributed by atoms with van der Waals surface area (Å²) in [6.07, 6.45) is 5.40. The highest BCUT2D eigenvalue weighted by Crippen LogP contribution is 2.08. The van der Waals surface area contributed by atoms with Crippen LogP contribution in [0.15, 0.2) is 24.8 Å². The lowest BCUT2D eigenvalue weighted by Crippen LogP contribution is -2.29. The van der Waals surface area contributed by atoms with E-state index in [1.165, 1.54) is 24.8 Å². The minimum Gasteiger partial charge on any atom is -0.478 e. The molecule has 0 atom stereocenters. The van der Waals surface area contributed by atoms with E-state index < -0.39 is 12.0 Å². The number of carboxylic acids is 1. The number of urea groups is 1. The van der Waals surface area contributed by atoms with Gasteiger partial charge in [-0.15, -0.1) is 0 Å². The third-order valence-electron chi connectivity index (χ3n) is 2.58. The second-order valence-electron chi connectivity index (χ2n) is 4.18. The summed E-state index contributed by atoms with van der Waals surface area (Å²) in [5.41, 5.74) is 0.334. The minimum absolute atomic E-state index is 0.0121. The quantitative estimate of drug-likeness (QED) is 0.577. The van der Waals surface area contributed by atoms with Crippen molar-refractivity contribution in [3.63, 3.8) is 0 Å². The van der Waals surface area contributed by atoms with Crippen molar-refractivity contribution in [3.8, 4) is 0 Å². The van der Waals surface area contributed by atoms with E-state index in [4.69, 9.17) is 5.11 Å². The highest BCUT2D eigenvalue weighted by Gasteiger charge is 2.06. The SMILES string of the molecule is O=C(NCCCc1ncn[nH]1)Nc1cncc(C(=O)O)c1. The molecular weight excluding hydrogens is 276 g/mol. The highest BCUT2D eigenvalue weighted by molar-refractivity contribution is 5.92. The molecule has 0 aliphatic rings. The number of aromatic nitrogens is 4. The number of carbonyl (C=O) groups is 2. The van der Waals surface area contributed by atoms with Gasteiger partial charge in [0.1, 0.15) is 12.2 Å². The van der Waals surface area contributed by atoms with Crippen LogP contribution in [-0.4, -0.2) is 43.8 Å². The van der Waals surface area contributed by atoms with E-state index in [0.717, 1.165) is 5.82 Å². The second-order valence-corrected chi connectivity index (χ2v) is 4.18. The number of nitrogens with zero attached hydrogens (tertiary/aromatic N) is 3. The van der Waals surface area contributed by atoms with E-state index in [2.05, 4.69) is 30.8 Å². The number of anilines is 1. The van der Waals surface area contributed by atoms with Gasteiger partial charge in [-0.05, 0) is 12.5 Å². The fourth-order valence-corrected chi connectivity index (χ4v) is 1.61. The van der Waals surface area contributed by atoms with Crippen molar-refractivity contribution >= 4 is 17.7 Å². The molecule has 0 fully saturated rings. The summed E-state index contributed by atoms with van der Waals surface area (Å²) in [6.45, 7) is 0.457. The van der Waals surface area contributed by atoms with Gasteiger partial charge in [0.25, 0.3) is 0 Å². The highest BCUT2D eigenvalue weighted by atomic mass is 16.4. The molecule has 21 heavy (non-hydrogen) atoms. The summed E-state index contributed by atoms with van der Waals surface area (Å²) in [6, 6.07) is 0.917. The van der Waals surface area contributed by atoms with E-state index in [0.29, 0.717) is 25.1 Å². The van der Waals surface area contributed by atoms with Crippen LogP contribution in [0.2, 0.25) is 0 Å². The van der Waals surface area contributed by atoms with Crippen LogP contribution < -0.4 is 10.6 Å². The van der Waals surface area contributed by atoms with Crippen molar-refractivity contribution in [2.45, 2.75) is 12.8 Å². The number of amides is 2. The maximum atomic E-state index is 11.6. The molecular formula is C12H14N6O3. The molecule has 2 aromatic rings. The number of H-pyrrole nitrogens is 1. The lowest BCUT2D eigenvalue weighted by molar-refractivity contribution is 0.0696. The van der Waals surface area contributed by atoms with E-state index >= 15 is 0 Å². The molecule has 2 rings (SSSR count). The van der Waals surface area contributed by atoms with Crippen LogP contribution in [-0.2, 0) is 6.42 Å². The van der Waals surface area contributed by atoms with Gasteiger partial charge < -0.3 is 15.7 Å². The molecule has 110 valence electrons. The number of hydrogen-bond donors (Lipinski definition) is 4. The van der Waals surface area contributed by atoms with Crippen molar-refractivity contribution in [1.29, 1.82) is 0 Å². The lowest BCUT2D eigenvalue weighted by atomic mass is 10.2. The molecule has 0 aliphatic heterocycles. The molecule has 2 amide bonds. The Kier molecular flexibility index (Phi) is 4.80. The van der Waals surface area contributed by atoms with Crippen LogP contribution in [0.4, 0.5) is 10.5 Å². The first kappa shape index (κ1) is 14.4. The molecule has 0 spiro atoms. The van der Waals surface area contributed by atoms with E-state index in [9.17, 15) is 9.59 Å². The second kappa shape index (κ2) is 6.98. The molecule has 9 heteroatoms. The molecule has 4 N–H and O–H groups in total. The largest absolute Gasteiger partial charge is 0.478 e. The molecule has 0 unspecified atom stereocenters. The van der Waals surface area contributed by atoms with Gasteiger partial charge in [0, 0.05) is 19.2 Å². The lowest BCUT2D eigenvalue weighted by Gasteiger charge is -2.07. The summed E-state index contributed by atoms with van der Waals surface area (Å²) in [4.78, 5) is 30.1. The molecule has 0 radical (unpaired) electrons. The number of aryl methyl sites for hydroxylation is 1. The predicted octanol–water partition coefficient (Wildman–Crippen LogP) is 0.652. The van der Waals surface area contributed by atoms with Crippen molar-refractivity contribution < 1.29 is 14.7 Å². The molecule has 0 saturated heterocycles. The van der Waals surface area contributed by atoms with Gasteiger partial charge >= 0.3 is 12.0 Å². The topological polar surface area (TPSA) is 133 Å². The zero-order chi connectivity index (χ0) is 15.1. The number of aromatic amines is 1. The fraction of sp³-hybridized carbons (Fsp3) is 0.250. The Morgan fingerprint density at radius 2 is 2.19 bits per heavy atom. The smallest absolute Gasteiger partial charge is 0.337 e. The molecule has 9 nitrogen and oxygen atoms in total. The van der Waals surface area contributed by atoms with Crippen LogP contribution in [0.5, 0.6) is 0 Å². The number of aromatic carboxylic acids is 1. The Hall–Kier alpha value is -2.97. The van der Waals surface area contributed by atoms with E-state index in [1.54, 1.807) is 0 Å². The third kappa shape index (κ3) is 4.56. The Morgan fingerprint density at radius 1 is 1.33 bits per heavy atom. The first-order chi connectivity index (χ1) is 10.1. The third-order valence-corrected chi connectivity index (χ3v) is 2.58. The van der Waals surface area contributed by atoms with Crippen molar-refractivity contribution in [2.24, 2.45) is 0 Å². The molecule has 0 saturated carbocycles. The summed E-state index contributed by atoms with van der Waals surface area (Å²) < 4.78 is 0. The Morgan fingerprint density at radius 3 is 2.90 bits per heavy atom. The van der Waals surface area contributed by atoms with Gasteiger partial charge in [-0.1, -0.05) is 0 Å². The summed E-state index contributed by atoms with van der Waals surface area (Å²) in [5, 5.41) is 20.5. The van der Waals surface area contributed by atoms with Gasteiger partial charge in [-0.2, -0.15) is 5.10 Å². The number of carbonyl (C=O) groups excluding carboxylic acids is 1. The maximum Gasteiger partial charge on any atom is 0.337 e. The predicted molar refractivity (Wildman–Crippen MR) is 72.9 cm³/mol. The van der Waals surface area contributed by atoms with E-state index in [1.807, 2.05) is 0 Å². The summed E-state index contributed by atoms with van der Waals surface area (Å²) in [7, 11) is 0. The zero-order valence-electron chi connectivity index (χ0n) is 11.0. The van der Waals surface area contributed by atoms with Crippen LogP contribution >= 0.6 is 0 Å².